The van der Waals surface area contributed by atoms with E-state index in [2.05, 4.69) is 15.2 Å². The van der Waals surface area contributed by atoms with Gasteiger partial charge in [-0.1, -0.05) is 23.7 Å². The summed E-state index contributed by atoms with van der Waals surface area (Å²) in [7, 11) is 0. The van der Waals surface area contributed by atoms with E-state index in [4.69, 9.17) is 16.6 Å². The molecule has 1 aliphatic rings. The van der Waals surface area contributed by atoms with Crippen molar-refractivity contribution in [3.05, 3.63) is 65.3 Å². The Kier molecular flexibility index (Phi) is 4.67. The molecule has 132 valence electrons. The van der Waals surface area contributed by atoms with E-state index in [0.717, 1.165) is 29.8 Å². The summed E-state index contributed by atoms with van der Waals surface area (Å²) in [6.07, 6.45) is 6.91. The SMILES string of the molecule is O=C(c1ccn[nH]1)N1CCC(c2cncc(-c3cccc(Cl)c3)n2)CC1. The van der Waals surface area contributed by atoms with Gasteiger partial charge in [-0.15, -0.1) is 0 Å². The van der Waals surface area contributed by atoms with Crippen molar-refractivity contribution in [2.45, 2.75) is 18.8 Å². The Morgan fingerprint density at radius 2 is 2.04 bits per heavy atom. The predicted molar refractivity (Wildman–Crippen MR) is 98.9 cm³/mol. The first kappa shape index (κ1) is 16.7. The molecule has 0 aliphatic carbocycles. The molecule has 1 N–H and O–H groups in total. The van der Waals surface area contributed by atoms with E-state index < -0.39 is 0 Å². The first-order valence-electron chi connectivity index (χ1n) is 8.57. The van der Waals surface area contributed by atoms with Gasteiger partial charge in [0, 0.05) is 42.0 Å². The van der Waals surface area contributed by atoms with Crippen molar-refractivity contribution in [2.75, 3.05) is 13.1 Å². The smallest absolute Gasteiger partial charge is 0.271 e. The van der Waals surface area contributed by atoms with Crippen LogP contribution in [0.15, 0.2) is 48.9 Å². The number of H-pyrrole nitrogens is 1. The molecule has 1 aliphatic heterocycles. The zero-order chi connectivity index (χ0) is 17.9. The number of benzene rings is 1. The Morgan fingerprint density at radius 1 is 1.19 bits per heavy atom. The van der Waals surface area contributed by atoms with Crippen LogP contribution in [0.2, 0.25) is 5.02 Å². The first-order valence-corrected chi connectivity index (χ1v) is 8.95. The molecule has 26 heavy (non-hydrogen) atoms. The minimum atomic E-state index is -0.000266. The van der Waals surface area contributed by atoms with Gasteiger partial charge in [0.05, 0.1) is 17.6 Å². The minimum Gasteiger partial charge on any atom is -0.337 e. The number of piperidine rings is 1. The van der Waals surface area contributed by atoms with Gasteiger partial charge < -0.3 is 4.90 Å². The number of aromatic nitrogens is 4. The van der Waals surface area contributed by atoms with Gasteiger partial charge >= 0.3 is 0 Å². The lowest BCUT2D eigenvalue weighted by Crippen LogP contribution is -2.38. The van der Waals surface area contributed by atoms with Crippen LogP contribution in [0, 0.1) is 0 Å². The van der Waals surface area contributed by atoms with Crippen molar-refractivity contribution in [3.8, 4) is 11.3 Å². The van der Waals surface area contributed by atoms with Crippen molar-refractivity contribution in [1.29, 1.82) is 0 Å². The number of carbonyl (C=O) groups is 1. The highest BCUT2D eigenvalue weighted by Crippen LogP contribution is 2.29. The molecule has 0 unspecified atom stereocenters. The fraction of sp³-hybridized carbons (Fsp3) is 0.263. The molecule has 0 saturated carbocycles. The lowest BCUT2D eigenvalue weighted by molar-refractivity contribution is 0.0706. The third-order valence-corrected chi connectivity index (χ3v) is 4.94. The summed E-state index contributed by atoms with van der Waals surface area (Å²) in [6.45, 7) is 1.40. The second kappa shape index (κ2) is 7.25. The van der Waals surface area contributed by atoms with E-state index in [-0.39, 0.29) is 5.91 Å². The Morgan fingerprint density at radius 3 is 2.77 bits per heavy atom. The second-order valence-corrected chi connectivity index (χ2v) is 6.81. The van der Waals surface area contributed by atoms with Crippen LogP contribution in [0.25, 0.3) is 11.3 Å². The fourth-order valence-electron chi connectivity index (χ4n) is 3.29. The van der Waals surface area contributed by atoms with Crippen molar-refractivity contribution in [2.24, 2.45) is 0 Å². The number of halogens is 1. The highest BCUT2D eigenvalue weighted by molar-refractivity contribution is 6.30. The van der Waals surface area contributed by atoms with E-state index in [0.29, 0.717) is 29.7 Å². The maximum absolute atomic E-state index is 12.4. The number of aromatic amines is 1. The molecule has 0 bridgehead atoms. The quantitative estimate of drug-likeness (QED) is 0.768. The lowest BCUT2D eigenvalue weighted by atomic mass is 9.93. The number of nitrogens with one attached hydrogen (secondary N) is 1. The molecule has 1 saturated heterocycles. The van der Waals surface area contributed by atoms with Gasteiger partial charge in [-0.05, 0) is 31.0 Å². The molecule has 1 aromatic carbocycles. The van der Waals surface area contributed by atoms with Crippen LogP contribution in [0.5, 0.6) is 0 Å². The van der Waals surface area contributed by atoms with Crippen LogP contribution in [0.1, 0.15) is 34.9 Å². The predicted octanol–water partition coefficient (Wildman–Crippen LogP) is 3.54. The van der Waals surface area contributed by atoms with Crippen molar-refractivity contribution >= 4 is 17.5 Å². The van der Waals surface area contributed by atoms with Gasteiger partial charge in [0.2, 0.25) is 0 Å². The van der Waals surface area contributed by atoms with Crippen LogP contribution in [0.3, 0.4) is 0 Å². The normalized spacial score (nSPS) is 15.2. The lowest BCUT2D eigenvalue weighted by Gasteiger charge is -2.31. The molecular weight excluding hydrogens is 350 g/mol. The average Bonchev–Trinajstić information content (AvgIpc) is 3.22. The molecule has 0 atom stereocenters. The molecule has 0 radical (unpaired) electrons. The number of nitrogens with zero attached hydrogens (tertiary/aromatic N) is 4. The number of rotatable bonds is 3. The van der Waals surface area contributed by atoms with Crippen molar-refractivity contribution in [1.82, 2.24) is 25.1 Å². The maximum atomic E-state index is 12.4. The van der Waals surface area contributed by atoms with E-state index in [1.165, 1.54) is 0 Å². The summed E-state index contributed by atoms with van der Waals surface area (Å²) in [4.78, 5) is 23.4. The number of hydrogen-bond donors (Lipinski definition) is 1. The van der Waals surface area contributed by atoms with Crippen LogP contribution in [-0.2, 0) is 0 Å². The molecular formula is C19H18ClN5O. The number of hydrogen-bond acceptors (Lipinski definition) is 4. The molecule has 1 amide bonds. The van der Waals surface area contributed by atoms with Gasteiger partial charge in [-0.25, -0.2) is 4.98 Å². The molecule has 0 spiro atoms. The standard InChI is InChI=1S/C19H18ClN5O/c20-15-3-1-2-14(10-15)18-12-21-11-17(23-18)13-5-8-25(9-6-13)19(26)16-4-7-22-24-16/h1-4,7,10-13H,5-6,8-9H2,(H,22,24). The average molecular weight is 368 g/mol. The zero-order valence-electron chi connectivity index (χ0n) is 14.1. The van der Waals surface area contributed by atoms with E-state index in [9.17, 15) is 4.79 Å². The third-order valence-electron chi connectivity index (χ3n) is 4.71. The van der Waals surface area contributed by atoms with Crippen LogP contribution >= 0.6 is 11.6 Å². The van der Waals surface area contributed by atoms with E-state index in [1.807, 2.05) is 35.4 Å². The largest absolute Gasteiger partial charge is 0.337 e. The molecule has 1 fully saturated rings. The van der Waals surface area contributed by atoms with Crippen molar-refractivity contribution < 1.29 is 4.79 Å². The Bertz CT molecular complexity index is 904. The number of likely N-dealkylation sites (tertiary alicyclic amines) is 1. The van der Waals surface area contributed by atoms with Gasteiger partial charge in [-0.3, -0.25) is 14.9 Å². The summed E-state index contributed by atoms with van der Waals surface area (Å²) in [5.74, 6) is 0.298. The van der Waals surface area contributed by atoms with Gasteiger partial charge in [-0.2, -0.15) is 5.10 Å². The monoisotopic (exact) mass is 367 g/mol. The topological polar surface area (TPSA) is 74.8 Å². The van der Waals surface area contributed by atoms with Gasteiger partial charge in [0.25, 0.3) is 5.91 Å². The minimum absolute atomic E-state index is 0.000266. The molecule has 7 heteroatoms. The van der Waals surface area contributed by atoms with Gasteiger partial charge in [0.1, 0.15) is 5.69 Å². The Balaban J connectivity index is 1.46. The molecule has 3 aromatic rings. The highest BCUT2D eigenvalue weighted by Gasteiger charge is 2.26. The summed E-state index contributed by atoms with van der Waals surface area (Å²) in [6, 6.07) is 9.32. The first-order chi connectivity index (χ1) is 12.7. The zero-order valence-corrected chi connectivity index (χ0v) is 14.9. The summed E-state index contributed by atoms with van der Waals surface area (Å²) in [5.41, 5.74) is 3.28. The molecule has 6 nitrogen and oxygen atoms in total. The summed E-state index contributed by atoms with van der Waals surface area (Å²) in [5, 5.41) is 7.26. The molecule has 3 heterocycles. The number of amides is 1. The number of carbonyl (C=O) groups excluding carboxylic acids is 1. The third kappa shape index (κ3) is 3.46. The van der Waals surface area contributed by atoms with Crippen molar-refractivity contribution in [3.63, 3.8) is 0 Å². The second-order valence-electron chi connectivity index (χ2n) is 6.38. The Hall–Kier alpha value is -2.73. The van der Waals surface area contributed by atoms with Gasteiger partial charge in [0.15, 0.2) is 0 Å². The highest BCUT2D eigenvalue weighted by atomic mass is 35.5. The fourth-order valence-corrected chi connectivity index (χ4v) is 3.48. The molecule has 2 aromatic heterocycles. The summed E-state index contributed by atoms with van der Waals surface area (Å²) >= 11 is 6.08. The Labute approximate surface area is 156 Å². The van der Waals surface area contributed by atoms with Crippen LogP contribution in [-0.4, -0.2) is 44.1 Å². The maximum Gasteiger partial charge on any atom is 0.271 e. The van der Waals surface area contributed by atoms with Crippen LogP contribution in [0.4, 0.5) is 0 Å². The van der Waals surface area contributed by atoms with E-state index >= 15 is 0 Å². The molecule has 4 rings (SSSR count). The van der Waals surface area contributed by atoms with E-state index in [1.54, 1.807) is 18.5 Å². The summed E-state index contributed by atoms with van der Waals surface area (Å²) < 4.78 is 0. The van der Waals surface area contributed by atoms with Crippen LogP contribution < -0.4 is 0 Å².